The van der Waals surface area contributed by atoms with Crippen LogP contribution in [0.15, 0.2) is 4.63 Å². The molecule has 0 aliphatic rings. The average molecular weight is 193 g/mol. The molecular formula is C5H3N7O2. The van der Waals surface area contributed by atoms with Gasteiger partial charge in [0.05, 0.1) is 7.11 Å². The molecule has 0 amide bonds. The molecule has 0 spiro atoms. The smallest absolute Gasteiger partial charge is 0.263 e. The zero-order valence-electron chi connectivity index (χ0n) is 6.95. The van der Waals surface area contributed by atoms with E-state index in [4.69, 9.17) is 4.74 Å². The summed E-state index contributed by atoms with van der Waals surface area (Å²) in [6.45, 7) is 0. The number of methoxy groups -OCH3 is 1. The second-order valence-electron chi connectivity index (χ2n) is 2.45. The van der Waals surface area contributed by atoms with Gasteiger partial charge in [0.25, 0.3) is 5.88 Å². The summed E-state index contributed by atoms with van der Waals surface area (Å²) in [4.78, 5) is 4.00. The Balaban J connectivity index is 2.59. The molecule has 0 saturated carbocycles. The Morgan fingerprint density at radius 1 is 1.29 bits per heavy atom. The fraction of sp³-hybridized carbons (Fsp3) is 0.200. The number of nitrogens with zero attached hydrogens (tertiary/aromatic N) is 7. The highest BCUT2D eigenvalue weighted by Gasteiger charge is 2.15. The molecule has 0 atom stereocenters. The molecule has 0 fully saturated rings. The zero-order valence-corrected chi connectivity index (χ0v) is 6.95. The van der Waals surface area contributed by atoms with Gasteiger partial charge in [0.15, 0.2) is 0 Å². The number of ether oxygens (including phenoxy) is 1. The Bertz CT molecular complexity index is 598. The normalized spacial score (nSPS) is 11.2. The maximum absolute atomic E-state index is 4.98. The van der Waals surface area contributed by atoms with E-state index in [-0.39, 0.29) is 5.88 Å². The first-order chi connectivity index (χ1) is 6.90. The maximum Gasteiger partial charge on any atom is 0.263 e. The summed E-state index contributed by atoms with van der Waals surface area (Å²) in [7, 11) is 1.47. The van der Waals surface area contributed by atoms with Crippen LogP contribution in [0.25, 0.3) is 16.9 Å². The molecule has 0 N–H and O–H groups in total. The summed E-state index contributed by atoms with van der Waals surface area (Å²) in [6.07, 6.45) is 0. The molecule has 0 aliphatic heterocycles. The molecule has 0 aromatic carbocycles. The summed E-state index contributed by atoms with van der Waals surface area (Å²) in [5.74, 6) is 0.276. The molecule has 0 unspecified atom stereocenters. The van der Waals surface area contributed by atoms with E-state index in [0.717, 1.165) is 0 Å². The fourth-order valence-electron chi connectivity index (χ4n) is 1.13. The van der Waals surface area contributed by atoms with Crippen LogP contribution < -0.4 is 4.74 Å². The van der Waals surface area contributed by atoms with Crippen LogP contribution in [0.5, 0.6) is 5.88 Å². The second-order valence-corrected chi connectivity index (χ2v) is 2.45. The summed E-state index contributed by atoms with van der Waals surface area (Å²) in [6, 6.07) is 0. The quantitative estimate of drug-likeness (QED) is 0.487. The Labute approximate surface area is 75.6 Å². The predicted molar refractivity (Wildman–Crippen MR) is 40.5 cm³/mol. The van der Waals surface area contributed by atoms with Crippen LogP contribution in [0.3, 0.4) is 0 Å². The number of hydrogen-bond donors (Lipinski definition) is 0. The van der Waals surface area contributed by atoms with E-state index in [9.17, 15) is 0 Å². The monoisotopic (exact) mass is 193 g/mol. The average Bonchev–Trinajstić information content (AvgIpc) is 2.83. The van der Waals surface area contributed by atoms with Crippen molar-refractivity contribution in [1.82, 2.24) is 35.3 Å². The first-order valence-corrected chi connectivity index (χ1v) is 3.64. The van der Waals surface area contributed by atoms with Gasteiger partial charge in [-0.15, -0.1) is 5.10 Å². The van der Waals surface area contributed by atoms with E-state index in [1.165, 1.54) is 11.6 Å². The Morgan fingerprint density at radius 3 is 3.07 bits per heavy atom. The van der Waals surface area contributed by atoms with Crippen molar-refractivity contribution in [3.05, 3.63) is 0 Å². The zero-order chi connectivity index (χ0) is 9.54. The van der Waals surface area contributed by atoms with Crippen molar-refractivity contribution < 1.29 is 9.37 Å². The lowest BCUT2D eigenvalue weighted by molar-refractivity contribution is 0.313. The van der Waals surface area contributed by atoms with E-state index < -0.39 is 0 Å². The minimum Gasteiger partial charge on any atom is -0.478 e. The Morgan fingerprint density at radius 2 is 2.21 bits per heavy atom. The third-order valence-electron chi connectivity index (χ3n) is 1.72. The largest absolute Gasteiger partial charge is 0.478 e. The lowest BCUT2D eigenvalue weighted by atomic mass is 10.6. The Hall–Kier alpha value is -2.32. The summed E-state index contributed by atoms with van der Waals surface area (Å²) in [5.41, 5.74) is 1.02. The van der Waals surface area contributed by atoms with Gasteiger partial charge in [-0.2, -0.15) is 9.50 Å². The number of aromatic nitrogens is 7. The van der Waals surface area contributed by atoms with Crippen LogP contribution >= 0.6 is 0 Å². The van der Waals surface area contributed by atoms with Crippen LogP contribution in [-0.4, -0.2) is 42.4 Å². The van der Waals surface area contributed by atoms with Crippen LogP contribution in [0.4, 0.5) is 0 Å². The number of hydrogen-bond acceptors (Lipinski definition) is 8. The van der Waals surface area contributed by atoms with Crippen LogP contribution in [0.1, 0.15) is 0 Å². The van der Waals surface area contributed by atoms with Crippen LogP contribution in [-0.2, 0) is 0 Å². The highest BCUT2D eigenvalue weighted by atomic mass is 16.6. The van der Waals surface area contributed by atoms with Crippen molar-refractivity contribution in [2.45, 2.75) is 0 Å². The van der Waals surface area contributed by atoms with Gasteiger partial charge in [-0.25, -0.2) is 4.63 Å². The standard InChI is InChI=1S/C5H3N7O2/c1-13-5-4-7-10-11-12(4)3-2(6-5)8-14-9-3/h1H3. The van der Waals surface area contributed by atoms with Gasteiger partial charge < -0.3 is 4.74 Å². The lowest BCUT2D eigenvalue weighted by Crippen LogP contribution is -1.97. The molecule has 9 heteroatoms. The van der Waals surface area contributed by atoms with E-state index in [1.807, 2.05) is 0 Å². The Kier molecular flexibility index (Phi) is 1.19. The number of tetrazole rings is 1. The number of fused-ring (bicyclic) bond motifs is 3. The fourth-order valence-corrected chi connectivity index (χ4v) is 1.13. The van der Waals surface area contributed by atoms with Gasteiger partial charge in [0, 0.05) is 0 Å². The van der Waals surface area contributed by atoms with Crippen molar-refractivity contribution in [2.75, 3.05) is 7.11 Å². The topological polar surface area (TPSA) is 104 Å². The molecule has 0 bridgehead atoms. The van der Waals surface area contributed by atoms with Crippen molar-refractivity contribution in [3.8, 4) is 5.88 Å². The van der Waals surface area contributed by atoms with Gasteiger partial charge in [0.1, 0.15) is 0 Å². The lowest BCUT2D eigenvalue weighted by Gasteiger charge is -1.96. The maximum atomic E-state index is 4.98. The predicted octanol–water partition coefficient (Wildman–Crippen LogP) is -0.936. The molecule has 70 valence electrons. The molecule has 14 heavy (non-hydrogen) atoms. The molecule has 0 radical (unpaired) electrons. The third kappa shape index (κ3) is 0.727. The minimum atomic E-state index is 0.276. The van der Waals surface area contributed by atoms with E-state index >= 15 is 0 Å². The van der Waals surface area contributed by atoms with Crippen LogP contribution in [0, 0.1) is 0 Å². The summed E-state index contributed by atoms with van der Waals surface area (Å²) in [5, 5.41) is 18.1. The minimum absolute atomic E-state index is 0.276. The van der Waals surface area contributed by atoms with Crippen molar-refractivity contribution in [2.24, 2.45) is 0 Å². The molecule has 3 heterocycles. The van der Waals surface area contributed by atoms with E-state index in [0.29, 0.717) is 16.9 Å². The molecule has 0 saturated heterocycles. The van der Waals surface area contributed by atoms with E-state index in [2.05, 4.69) is 35.5 Å². The van der Waals surface area contributed by atoms with Crippen molar-refractivity contribution >= 4 is 16.9 Å². The van der Waals surface area contributed by atoms with E-state index in [1.54, 1.807) is 0 Å². The molecule has 3 aromatic rings. The first kappa shape index (κ1) is 7.12. The van der Waals surface area contributed by atoms with Gasteiger partial charge >= 0.3 is 0 Å². The third-order valence-corrected chi connectivity index (χ3v) is 1.72. The SMILES string of the molecule is COc1nc2nonc2n2nnnc12. The highest BCUT2D eigenvalue weighted by molar-refractivity contribution is 5.70. The van der Waals surface area contributed by atoms with Gasteiger partial charge in [0.2, 0.25) is 16.9 Å². The molecule has 0 aliphatic carbocycles. The molecule has 9 nitrogen and oxygen atoms in total. The van der Waals surface area contributed by atoms with Gasteiger partial charge in [-0.3, -0.25) is 0 Å². The van der Waals surface area contributed by atoms with Crippen molar-refractivity contribution in [1.29, 1.82) is 0 Å². The second kappa shape index (κ2) is 2.34. The number of rotatable bonds is 1. The van der Waals surface area contributed by atoms with Gasteiger partial charge in [-0.05, 0) is 20.7 Å². The van der Waals surface area contributed by atoms with Crippen molar-refractivity contribution in [3.63, 3.8) is 0 Å². The summed E-state index contributed by atoms with van der Waals surface area (Å²) >= 11 is 0. The van der Waals surface area contributed by atoms with Crippen LogP contribution in [0.2, 0.25) is 0 Å². The summed E-state index contributed by atoms with van der Waals surface area (Å²) < 4.78 is 10.8. The first-order valence-electron chi connectivity index (χ1n) is 3.64. The highest BCUT2D eigenvalue weighted by Crippen LogP contribution is 2.17. The molecular weight excluding hydrogens is 190 g/mol. The molecule has 3 aromatic heterocycles. The molecule has 3 rings (SSSR count). The van der Waals surface area contributed by atoms with Gasteiger partial charge in [-0.1, -0.05) is 0 Å².